The molecule has 0 fully saturated rings. The maximum Gasteiger partial charge on any atom is 0.442 e. The van der Waals surface area contributed by atoms with Gasteiger partial charge in [-0.1, -0.05) is 48.5 Å². The van der Waals surface area contributed by atoms with Crippen molar-refractivity contribution < 1.29 is 19.2 Å². The normalized spacial score (nSPS) is 11.1. The summed E-state index contributed by atoms with van der Waals surface area (Å²) in [6, 6.07) is 14.0. The van der Waals surface area contributed by atoms with Gasteiger partial charge in [-0.05, 0) is 11.6 Å². The summed E-state index contributed by atoms with van der Waals surface area (Å²) < 4.78 is 5.44. The third kappa shape index (κ3) is 2.69. The van der Waals surface area contributed by atoms with Gasteiger partial charge in [-0.25, -0.2) is 4.79 Å². The largest absolute Gasteiger partial charge is 0.478 e. The lowest BCUT2D eigenvalue weighted by Gasteiger charge is -1.98. The number of para-hydroxylation sites is 1. The van der Waals surface area contributed by atoms with E-state index in [1.807, 2.05) is 6.07 Å². The number of aliphatic carboxylic acids is 1. The molecule has 0 atom stereocenters. The molecule has 6 heteroatoms. The van der Waals surface area contributed by atoms with E-state index in [0.717, 1.165) is 6.08 Å². The van der Waals surface area contributed by atoms with Gasteiger partial charge in [0.2, 0.25) is 0 Å². The first-order chi connectivity index (χ1) is 11.1. The molecule has 1 N–H and O–H groups in total. The molecule has 0 aliphatic rings. The molecule has 0 bridgehead atoms. The van der Waals surface area contributed by atoms with Gasteiger partial charge in [-0.2, -0.15) is 0 Å². The second-order valence-corrected chi connectivity index (χ2v) is 4.80. The van der Waals surface area contributed by atoms with E-state index in [-0.39, 0.29) is 11.5 Å². The monoisotopic (exact) mass is 309 g/mol. The van der Waals surface area contributed by atoms with Gasteiger partial charge < -0.3 is 9.52 Å². The first-order valence-corrected chi connectivity index (χ1v) is 6.74. The number of hydrogen-bond acceptors (Lipinski definition) is 4. The molecule has 3 rings (SSSR count). The van der Waals surface area contributed by atoms with Crippen LogP contribution in [-0.2, 0) is 4.79 Å². The molecule has 3 aromatic rings. The highest BCUT2D eigenvalue weighted by atomic mass is 16.6. The third-order valence-electron chi connectivity index (χ3n) is 3.36. The summed E-state index contributed by atoms with van der Waals surface area (Å²) in [7, 11) is 0. The number of carboxylic acid groups (broad SMARTS) is 1. The van der Waals surface area contributed by atoms with Crippen LogP contribution < -0.4 is 0 Å². The van der Waals surface area contributed by atoms with Gasteiger partial charge in [0.05, 0.1) is 0 Å². The summed E-state index contributed by atoms with van der Waals surface area (Å²) in [5.41, 5.74) is 1.80. The predicted molar refractivity (Wildman–Crippen MR) is 85.0 cm³/mol. The van der Waals surface area contributed by atoms with Crippen LogP contribution in [0.25, 0.3) is 28.2 Å². The number of fused-ring (bicyclic) bond motifs is 1. The summed E-state index contributed by atoms with van der Waals surface area (Å²) in [5.74, 6) is -1.46. The van der Waals surface area contributed by atoms with Crippen LogP contribution in [0.15, 0.2) is 59.0 Å². The molecule has 0 amide bonds. The Morgan fingerprint density at radius 1 is 1.13 bits per heavy atom. The Hall–Kier alpha value is -3.41. The SMILES string of the molecule is O=C(O)/C=C/c1cccc2c(-c3ccccc3)c([N+](=O)[O-])oc12. The fourth-order valence-corrected chi connectivity index (χ4v) is 2.43. The molecule has 0 aliphatic carbocycles. The predicted octanol–water partition coefficient (Wildman–Crippen LogP) is 4.11. The lowest BCUT2D eigenvalue weighted by atomic mass is 10.0. The van der Waals surface area contributed by atoms with Crippen LogP contribution in [0.1, 0.15) is 5.56 Å². The summed E-state index contributed by atoms with van der Waals surface area (Å²) in [6.45, 7) is 0. The minimum absolute atomic E-state index is 0.288. The lowest BCUT2D eigenvalue weighted by molar-refractivity contribution is -0.400. The first-order valence-electron chi connectivity index (χ1n) is 6.74. The van der Waals surface area contributed by atoms with Crippen molar-refractivity contribution in [1.82, 2.24) is 0 Å². The Kier molecular flexibility index (Phi) is 3.64. The van der Waals surface area contributed by atoms with Crippen molar-refractivity contribution >= 4 is 28.9 Å². The van der Waals surface area contributed by atoms with Crippen LogP contribution in [0.5, 0.6) is 0 Å². The number of benzene rings is 2. The van der Waals surface area contributed by atoms with Crippen LogP contribution >= 0.6 is 0 Å². The molecule has 0 saturated carbocycles. The molecule has 1 aromatic heterocycles. The number of rotatable bonds is 4. The van der Waals surface area contributed by atoms with Crippen molar-refractivity contribution in [3.05, 3.63) is 70.3 Å². The molecule has 0 radical (unpaired) electrons. The van der Waals surface area contributed by atoms with Crippen molar-refractivity contribution in [3.63, 3.8) is 0 Å². The van der Waals surface area contributed by atoms with Crippen molar-refractivity contribution in [1.29, 1.82) is 0 Å². The van der Waals surface area contributed by atoms with E-state index >= 15 is 0 Å². The van der Waals surface area contributed by atoms with Crippen molar-refractivity contribution in [2.75, 3.05) is 0 Å². The van der Waals surface area contributed by atoms with Gasteiger partial charge in [0.1, 0.15) is 16.1 Å². The smallest absolute Gasteiger partial charge is 0.442 e. The lowest BCUT2D eigenvalue weighted by Crippen LogP contribution is -1.87. The van der Waals surface area contributed by atoms with Crippen molar-refractivity contribution in [2.24, 2.45) is 0 Å². The molecule has 114 valence electrons. The fraction of sp³-hybridized carbons (Fsp3) is 0. The number of hydrogen-bond donors (Lipinski definition) is 1. The summed E-state index contributed by atoms with van der Waals surface area (Å²) >= 11 is 0. The van der Waals surface area contributed by atoms with Gasteiger partial charge in [0.15, 0.2) is 0 Å². The number of nitrogens with zero attached hydrogens (tertiary/aromatic N) is 1. The molecule has 2 aromatic carbocycles. The van der Waals surface area contributed by atoms with Crippen LogP contribution in [0.2, 0.25) is 0 Å². The van der Waals surface area contributed by atoms with E-state index in [0.29, 0.717) is 22.1 Å². The molecule has 23 heavy (non-hydrogen) atoms. The first kappa shape index (κ1) is 14.5. The van der Waals surface area contributed by atoms with E-state index in [1.54, 1.807) is 42.5 Å². The highest BCUT2D eigenvalue weighted by Gasteiger charge is 2.26. The van der Waals surface area contributed by atoms with Crippen LogP contribution in [0.4, 0.5) is 5.88 Å². The average molecular weight is 309 g/mol. The standard InChI is InChI=1S/C17H11NO5/c19-14(20)10-9-12-7-4-8-13-15(11-5-2-1-3-6-11)17(18(21)22)23-16(12)13/h1-10H,(H,19,20)/b10-9+. The minimum atomic E-state index is -1.11. The number of furan rings is 1. The van der Waals surface area contributed by atoms with Gasteiger partial charge in [-0.15, -0.1) is 0 Å². The van der Waals surface area contributed by atoms with Gasteiger partial charge in [0.25, 0.3) is 0 Å². The molecule has 0 aliphatic heterocycles. The van der Waals surface area contributed by atoms with Gasteiger partial charge in [-0.3, -0.25) is 10.1 Å². The number of nitro groups is 1. The average Bonchev–Trinajstić information content (AvgIpc) is 2.94. The Balaban J connectivity index is 2.31. The van der Waals surface area contributed by atoms with E-state index < -0.39 is 10.9 Å². The Bertz CT molecular complexity index is 925. The van der Waals surface area contributed by atoms with Gasteiger partial charge >= 0.3 is 11.9 Å². The van der Waals surface area contributed by atoms with E-state index in [2.05, 4.69) is 0 Å². The second kappa shape index (κ2) is 5.76. The fourth-order valence-electron chi connectivity index (χ4n) is 2.43. The van der Waals surface area contributed by atoms with Crippen molar-refractivity contribution in [2.45, 2.75) is 0 Å². The molecular formula is C17H11NO5. The Morgan fingerprint density at radius 2 is 1.87 bits per heavy atom. The van der Waals surface area contributed by atoms with E-state index in [4.69, 9.17) is 9.52 Å². The van der Waals surface area contributed by atoms with Crippen molar-refractivity contribution in [3.8, 4) is 11.1 Å². The molecule has 1 heterocycles. The number of carboxylic acids is 1. The number of carbonyl (C=O) groups is 1. The van der Waals surface area contributed by atoms with E-state index in [9.17, 15) is 14.9 Å². The summed E-state index contributed by atoms with van der Waals surface area (Å²) in [4.78, 5) is 21.5. The molecule has 0 saturated heterocycles. The summed E-state index contributed by atoms with van der Waals surface area (Å²) in [5, 5.41) is 20.7. The molecular weight excluding hydrogens is 298 g/mol. The summed E-state index contributed by atoms with van der Waals surface area (Å²) in [6.07, 6.45) is 2.32. The van der Waals surface area contributed by atoms with Crippen LogP contribution in [0.3, 0.4) is 0 Å². The Labute approximate surface area is 130 Å². The highest BCUT2D eigenvalue weighted by molar-refractivity contribution is 6.02. The minimum Gasteiger partial charge on any atom is -0.478 e. The maximum atomic E-state index is 11.3. The zero-order chi connectivity index (χ0) is 16.4. The molecule has 0 unspecified atom stereocenters. The Morgan fingerprint density at radius 3 is 2.52 bits per heavy atom. The van der Waals surface area contributed by atoms with E-state index in [1.165, 1.54) is 6.08 Å². The maximum absolute atomic E-state index is 11.3. The molecule has 0 spiro atoms. The zero-order valence-corrected chi connectivity index (χ0v) is 11.8. The highest BCUT2D eigenvalue weighted by Crippen LogP contribution is 2.41. The molecule has 6 nitrogen and oxygen atoms in total. The van der Waals surface area contributed by atoms with Crippen LogP contribution in [-0.4, -0.2) is 16.0 Å². The zero-order valence-electron chi connectivity index (χ0n) is 11.8. The van der Waals surface area contributed by atoms with Gasteiger partial charge in [0, 0.05) is 17.0 Å². The second-order valence-electron chi connectivity index (χ2n) is 4.80. The van der Waals surface area contributed by atoms with Crippen LogP contribution in [0, 0.1) is 10.1 Å². The quantitative estimate of drug-likeness (QED) is 0.445. The third-order valence-corrected chi connectivity index (χ3v) is 3.36. The topological polar surface area (TPSA) is 93.6 Å².